The molecule has 3 N–H and O–H groups in total. The van der Waals surface area contributed by atoms with Crippen LogP contribution in [0.15, 0.2) is 46.5 Å². The Labute approximate surface area is 129 Å². The van der Waals surface area contributed by atoms with E-state index in [0.717, 1.165) is 28.0 Å². The summed E-state index contributed by atoms with van der Waals surface area (Å²) in [5.41, 5.74) is 5.21. The molecule has 0 aliphatic rings. The normalized spacial score (nSPS) is 12.9. The molecule has 0 saturated carbocycles. The molecule has 0 fully saturated rings. The number of rotatable bonds is 5. The van der Waals surface area contributed by atoms with E-state index >= 15 is 0 Å². The van der Waals surface area contributed by atoms with Crippen molar-refractivity contribution in [2.45, 2.75) is 18.9 Å². The first-order valence-electron chi connectivity index (χ1n) is 6.36. The summed E-state index contributed by atoms with van der Waals surface area (Å²) in [5.74, 6) is 5.68. The highest BCUT2D eigenvalue weighted by Gasteiger charge is 2.12. The highest BCUT2D eigenvalue weighted by atomic mass is 79.9. The number of thiazole rings is 1. The molecule has 0 aliphatic heterocycles. The molecule has 3 rings (SSSR count). The third-order valence-corrected chi connectivity index (χ3v) is 4.47. The maximum Gasteiger partial charge on any atom is 0.193 e. The highest BCUT2D eigenvalue weighted by Crippen LogP contribution is 2.16. The zero-order chi connectivity index (χ0) is 13.9. The molecule has 0 amide bonds. The van der Waals surface area contributed by atoms with Gasteiger partial charge >= 0.3 is 0 Å². The van der Waals surface area contributed by atoms with Crippen molar-refractivity contribution < 1.29 is 0 Å². The van der Waals surface area contributed by atoms with E-state index < -0.39 is 0 Å². The molecule has 1 unspecified atom stereocenters. The third kappa shape index (κ3) is 3.09. The first-order chi connectivity index (χ1) is 9.74. The van der Waals surface area contributed by atoms with Crippen molar-refractivity contribution in [1.82, 2.24) is 14.8 Å². The maximum absolute atomic E-state index is 5.68. The lowest BCUT2D eigenvalue weighted by Crippen LogP contribution is -2.38. The number of hydrazine groups is 1. The molecule has 2 aromatic heterocycles. The lowest BCUT2D eigenvalue weighted by Gasteiger charge is -2.14. The van der Waals surface area contributed by atoms with Gasteiger partial charge in [0.15, 0.2) is 4.96 Å². The number of nitrogens with one attached hydrogen (secondary N) is 1. The molecule has 1 aromatic carbocycles. The van der Waals surface area contributed by atoms with Crippen LogP contribution in [0.4, 0.5) is 0 Å². The number of benzene rings is 1. The first-order valence-corrected chi connectivity index (χ1v) is 8.03. The van der Waals surface area contributed by atoms with Crippen LogP contribution in [0.1, 0.15) is 11.3 Å². The molecule has 3 aromatic rings. The van der Waals surface area contributed by atoms with Crippen LogP contribution in [0.25, 0.3) is 4.96 Å². The number of nitrogens with zero attached hydrogens (tertiary/aromatic N) is 2. The van der Waals surface area contributed by atoms with Crippen LogP contribution in [0, 0.1) is 0 Å². The van der Waals surface area contributed by atoms with Crippen molar-refractivity contribution in [3.8, 4) is 0 Å². The molecule has 0 saturated heterocycles. The van der Waals surface area contributed by atoms with Crippen LogP contribution in [0.2, 0.25) is 0 Å². The number of hydrogen-bond donors (Lipinski definition) is 2. The van der Waals surface area contributed by atoms with Gasteiger partial charge in [-0.3, -0.25) is 15.7 Å². The van der Waals surface area contributed by atoms with Crippen LogP contribution in [-0.4, -0.2) is 15.4 Å². The Bertz CT molecular complexity index is 677. The molecular formula is C14H15BrN4S. The minimum absolute atomic E-state index is 0.175. The van der Waals surface area contributed by atoms with E-state index in [-0.39, 0.29) is 6.04 Å². The number of hydrogen-bond acceptors (Lipinski definition) is 4. The smallest absolute Gasteiger partial charge is 0.193 e. The van der Waals surface area contributed by atoms with Gasteiger partial charge in [0.1, 0.15) is 0 Å². The Kier molecular flexibility index (Phi) is 4.16. The van der Waals surface area contributed by atoms with E-state index in [2.05, 4.69) is 44.7 Å². The van der Waals surface area contributed by atoms with Gasteiger partial charge < -0.3 is 0 Å². The SMILES string of the molecule is NNC(Cc1cccc(Br)c1)Cc1cn2ccsc2n1. The van der Waals surface area contributed by atoms with Crippen molar-refractivity contribution in [3.63, 3.8) is 0 Å². The summed E-state index contributed by atoms with van der Waals surface area (Å²) in [6.45, 7) is 0. The highest BCUT2D eigenvalue weighted by molar-refractivity contribution is 9.10. The second-order valence-corrected chi connectivity index (χ2v) is 6.52. The Morgan fingerprint density at radius 3 is 3.05 bits per heavy atom. The summed E-state index contributed by atoms with van der Waals surface area (Å²) in [7, 11) is 0. The fourth-order valence-corrected chi connectivity index (χ4v) is 3.43. The maximum atomic E-state index is 5.68. The van der Waals surface area contributed by atoms with Gasteiger partial charge in [0.05, 0.1) is 5.69 Å². The lowest BCUT2D eigenvalue weighted by atomic mass is 10.0. The summed E-state index contributed by atoms with van der Waals surface area (Å²) in [4.78, 5) is 5.62. The van der Waals surface area contributed by atoms with Crippen LogP contribution in [0.3, 0.4) is 0 Å². The quantitative estimate of drug-likeness (QED) is 0.549. The molecule has 6 heteroatoms. The number of imidazole rings is 1. The second kappa shape index (κ2) is 6.05. The van der Waals surface area contributed by atoms with Crippen LogP contribution in [0.5, 0.6) is 0 Å². The predicted molar refractivity (Wildman–Crippen MR) is 85.7 cm³/mol. The molecule has 2 heterocycles. The number of fused-ring (bicyclic) bond motifs is 1. The minimum atomic E-state index is 0.175. The van der Waals surface area contributed by atoms with Crippen molar-refractivity contribution in [2.24, 2.45) is 5.84 Å². The molecule has 20 heavy (non-hydrogen) atoms. The van der Waals surface area contributed by atoms with E-state index in [9.17, 15) is 0 Å². The standard InChI is InChI=1S/C14H15BrN4S/c15-11-3-1-2-10(6-11)7-12(18-16)8-13-9-19-4-5-20-14(19)17-13/h1-6,9,12,18H,7-8,16H2. The minimum Gasteiger partial charge on any atom is -0.297 e. The van der Waals surface area contributed by atoms with Gasteiger partial charge in [-0.2, -0.15) is 0 Å². The fourth-order valence-electron chi connectivity index (χ4n) is 2.27. The number of halogens is 1. The van der Waals surface area contributed by atoms with E-state index in [0.29, 0.717) is 0 Å². The van der Waals surface area contributed by atoms with Crippen molar-refractivity contribution >= 4 is 32.2 Å². The molecule has 104 valence electrons. The monoisotopic (exact) mass is 350 g/mol. The van der Waals surface area contributed by atoms with E-state index in [1.807, 2.05) is 28.1 Å². The molecule has 1 atom stereocenters. The lowest BCUT2D eigenvalue weighted by molar-refractivity contribution is 0.518. The Hall–Kier alpha value is -1.21. The average molecular weight is 351 g/mol. The van der Waals surface area contributed by atoms with Crippen molar-refractivity contribution in [2.75, 3.05) is 0 Å². The van der Waals surface area contributed by atoms with Gasteiger partial charge in [-0.15, -0.1) is 11.3 Å². The van der Waals surface area contributed by atoms with Gasteiger partial charge in [-0.1, -0.05) is 28.1 Å². The molecule has 0 aliphatic carbocycles. The van der Waals surface area contributed by atoms with E-state index in [1.54, 1.807) is 11.3 Å². The Morgan fingerprint density at radius 2 is 2.30 bits per heavy atom. The number of aromatic nitrogens is 2. The van der Waals surface area contributed by atoms with Gasteiger partial charge in [0.2, 0.25) is 0 Å². The van der Waals surface area contributed by atoms with Crippen LogP contribution < -0.4 is 11.3 Å². The van der Waals surface area contributed by atoms with Crippen molar-refractivity contribution in [3.05, 3.63) is 57.8 Å². The summed E-state index contributed by atoms with van der Waals surface area (Å²) in [5, 5.41) is 2.03. The predicted octanol–water partition coefficient (Wildman–Crippen LogP) is 2.78. The second-order valence-electron chi connectivity index (χ2n) is 4.73. The summed E-state index contributed by atoms with van der Waals surface area (Å²) >= 11 is 5.14. The third-order valence-electron chi connectivity index (χ3n) is 3.21. The van der Waals surface area contributed by atoms with E-state index in [4.69, 9.17) is 5.84 Å². The molecule has 0 spiro atoms. The van der Waals surface area contributed by atoms with Crippen molar-refractivity contribution in [1.29, 1.82) is 0 Å². The molecular weight excluding hydrogens is 336 g/mol. The molecule has 4 nitrogen and oxygen atoms in total. The summed E-state index contributed by atoms with van der Waals surface area (Å²) < 4.78 is 3.14. The van der Waals surface area contributed by atoms with Gasteiger partial charge in [0.25, 0.3) is 0 Å². The van der Waals surface area contributed by atoms with Crippen LogP contribution in [-0.2, 0) is 12.8 Å². The zero-order valence-electron chi connectivity index (χ0n) is 10.8. The van der Waals surface area contributed by atoms with E-state index in [1.165, 1.54) is 5.56 Å². The Morgan fingerprint density at radius 1 is 1.40 bits per heavy atom. The summed E-state index contributed by atoms with van der Waals surface area (Å²) in [6, 6.07) is 8.47. The topological polar surface area (TPSA) is 55.3 Å². The van der Waals surface area contributed by atoms with Gasteiger partial charge in [-0.05, 0) is 24.1 Å². The largest absolute Gasteiger partial charge is 0.297 e. The first kappa shape index (κ1) is 13.8. The molecule has 0 bridgehead atoms. The van der Waals surface area contributed by atoms with Crippen LogP contribution >= 0.6 is 27.3 Å². The average Bonchev–Trinajstić information content (AvgIpc) is 2.98. The zero-order valence-corrected chi connectivity index (χ0v) is 13.2. The number of nitrogens with two attached hydrogens (primary N) is 1. The fraction of sp³-hybridized carbons (Fsp3) is 0.214. The summed E-state index contributed by atoms with van der Waals surface area (Å²) in [6.07, 6.45) is 5.78. The van der Waals surface area contributed by atoms with Gasteiger partial charge in [0, 0.05) is 34.7 Å². The van der Waals surface area contributed by atoms with Gasteiger partial charge in [-0.25, -0.2) is 4.98 Å². The Balaban J connectivity index is 1.72. The molecule has 0 radical (unpaired) electrons.